The van der Waals surface area contributed by atoms with Crippen LogP contribution in [-0.2, 0) is 6.54 Å². The smallest absolute Gasteiger partial charge is 0.253 e. The molecule has 1 atom stereocenters. The van der Waals surface area contributed by atoms with Crippen LogP contribution < -0.4 is 10.9 Å². The zero-order valence-corrected chi connectivity index (χ0v) is 13.6. The van der Waals surface area contributed by atoms with Crippen LogP contribution in [0.1, 0.15) is 26.7 Å². The molecule has 0 amide bonds. The Morgan fingerprint density at radius 3 is 2.70 bits per heavy atom. The van der Waals surface area contributed by atoms with E-state index in [0.29, 0.717) is 18.5 Å². The fourth-order valence-corrected chi connectivity index (χ4v) is 3.37. The van der Waals surface area contributed by atoms with Crippen molar-refractivity contribution in [3.63, 3.8) is 0 Å². The number of hydrogen-bond donors (Lipinski definition) is 2. The van der Waals surface area contributed by atoms with Crippen LogP contribution in [0.15, 0.2) is 47.5 Å². The molecule has 0 aliphatic carbocycles. The molecule has 0 radical (unpaired) electrons. The van der Waals surface area contributed by atoms with Gasteiger partial charge in [-0.25, -0.2) is 4.98 Å². The monoisotopic (exact) mass is 313 g/mol. The highest BCUT2D eigenvalue weighted by atomic mass is 16.3. The Morgan fingerprint density at radius 1 is 1.30 bits per heavy atom. The Balaban J connectivity index is 1.83. The van der Waals surface area contributed by atoms with Crippen LogP contribution in [0, 0.1) is 0 Å². The van der Waals surface area contributed by atoms with Crippen LogP contribution >= 0.6 is 0 Å². The van der Waals surface area contributed by atoms with E-state index in [1.807, 2.05) is 30.3 Å². The zero-order valence-electron chi connectivity index (χ0n) is 13.6. The molecular weight excluding hydrogens is 290 g/mol. The third-order valence-electron chi connectivity index (χ3n) is 4.38. The van der Waals surface area contributed by atoms with Crippen LogP contribution in [0.3, 0.4) is 0 Å². The fourth-order valence-electron chi connectivity index (χ4n) is 3.37. The Bertz CT molecular complexity index is 739. The molecule has 2 heterocycles. The van der Waals surface area contributed by atoms with Gasteiger partial charge in [0.25, 0.3) is 5.56 Å². The number of hydrogen-bond acceptors (Lipinski definition) is 4. The van der Waals surface area contributed by atoms with Crippen LogP contribution in [-0.4, -0.2) is 32.3 Å². The minimum Gasteiger partial charge on any atom is -0.388 e. The first-order chi connectivity index (χ1) is 10.9. The summed E-state index contributed by atoms with van der Waals surface area (Å²) in [5.41, 5.74) is 0.425. The first-order valence-electron chi connectivity index (χ1n) is 7.96. The summed E-state index contributed by atoms with van der Waals surface area (Å²) < 4.78 is 1.51. The molecule has 2 aromatic rings. The van der Waals surface area contributed by atoms with Gasteiger partial charge in [0.15, 0.2) is 0 Å². The summed E-state index contributed by atoms with van der Waals surface area (Å²) in [6.45, 7) is 5.15. The first-order valence-corrected chi connectivity index (χ1v) is 7.96. The largest absolute Gasteiger partial charge is 0.388 e. The van der Waals surface area contributed by atoms with Crippen LogP contribution in [0.4, 0.5) is 0 Å². The van der Waals surface area contributed by atoms with E-state index in [4.69, 9.17) is 0 Å². The Labute approximate surface area is 136 Å². The summed E-state index contributed by atoms with van der Waals surface area (Å²) in [6, 6.07) is 11.2. The minimum absolute atomic E-state index is 0.131. The zero-order chi connectivity index (χ0) is 16.5. The lowest BCUT2D eigenvalue weighted by Gasteiger charge is -2.42. The molecular formula is C18H23N3O2. The minimum atomic E-state index is -0.880. The van der Waals surface area contributed by atoms with Gasteiger partial charge in [-0.3, -0.25) is 9.36 Å². The van der Waals surface area contributed by atoms with Gasteiger partial charge < -0.3 is 10.4 Å². The third-order valence-corrected chi connectivity index (χ3v) is 4.38. The Kier molecular flexibility index (Phi) is 4.08. The van der Waals surface area contributed by atoms with E-state index in [1.54, 1.807) is 0 Å². The number of nitrogens with zero attached hydrogens (tertiary/aromatic N) is 2. The molecule has 1 aliphatic rings. The normalized spacial score (nSPS) is 23.6. The molecule has 2 N–H and O–H groups in total. The number of aromatic nitrogens is 2. The molecule has 0 saturated carbocycles. The summed E-state index contributed by atoms with van der Waals surface area (Å²) in [6.07, 6.45) is 2.77. The van der Waals surface area contributed by atoms with Crippen molar-refractivity contribution in [2.45, 2.75) is 44.4 Å². The molecule has 5 nitrogen and oxygen atoms in total. The lowest BCUT2D eigenvalue weighted by atomic mass is 9.81. The number of benzene rings is 1. The predicted molar refractivity (Wildman–Crippen MR) is 90.2 cm³/mol. The van der Waals surface area contributed by atoms with Crippen molar-refractivity contribution >= 4 is 0 Å². The van der Waals surface area contributed by atoms with Crippen LogP contribution in [0.25, 0.3) is 11.3 Å². The Morgan fingerprint density at radius 2 is 2.04 bits per heavy atom. The number of piperidine rings is 1. The maximum Gasteiger partial charge on any atom is 0.253 e. The number of nitrogens with one attached hydrogen (secondary N) is 1. The second-order valence-electron chi connectivity index (χ2n) is 7.07. The second kappa shape index (κ2) is 5.91. The number of aliphatic hydroxyl groups is 1. The van der Waals surface area contributed by atoms with Crippen molar-refractivity contribution in [2.75, 3.05) is 6.54 Å². The van der Waals surface area contributed by atoms with E-state index in [2.05, 4.69) is 24.1 Å². The van der Waals surface area contributed by atoms with Gasteiger partial charge in [0, 0.05) is 17.2 Å². The van der Waals surface area contributed by atoms with Crippen molar-refractivity contribution in [1.29, 1.82) is 0 Å². The highest BCUT2D eigenvalue weighted by Gasteiger charge is 2.38. The standard InChI is InChI=1S/C18H23N3O2/c1-17(2)11-18(23,8-9-20-17)12-21-13-19-15(10-16(21)22)14-6-4-3-5-7-14/h3-7,10,13,20,23H,8-9,11-12H2,1-2H3/t18-/m0/s1. The maximum absolute atomic E-state index is 12.4. The van der Waals surface area contributed by atoms with E-state index in [1.165, 1.54) is 17.0 Å². The van der Waals surface area contributed by atoms with Gasteiger partial charge in [0.05, 0.1) is 24.2 Å². The quantitative estimate of drug-likeness (QED) is 0.907. The van der Waals surface area contributed by atoms with Gasteiger partial charge in [-0.1, -0.05) is 30.3 Å². The fraction of sp³-hybridized carbons (Fsp3) is 0.444. The van der Waals surface area contributed by atoms with Gasteiger partial charge in [-0.05, 0) is 33.2 Å². The van der Waals surface area contributed by atoms with E-state index < -0.39 is 5.60 Å². The predicted octanol–water partition coefficient (Wildman–Crippen LogP) is 1.80. The third kappa shape index (κ3) is 3.68. The maximum atomic E-state index is 12.4. The molecule has 3 rings (SSSR count). The van der Waals surface area contributed by atoms with Crippen molar-refractivity contribution in [1.82, 2.24) is 14.9 Å². The summed E-state index contributed by atoms with van der Waals surface area (Å²) in [5, 5.41) is 14.2. The number of rotatable bonds is 3. The molecule has 0 spiro atoms. The second-order valence-corrected chi connectivity index (χ2v) is 7.07. The molecule has 0 bridgehead atoms. The van der Waals surface area contributed by atoms with Crippen molar-refractivity contribution < 1.29 is 5.11 Å². The highest BCUT2D eigenvalue weighted by molar-refractivity contribution is 5.57. The lowest BCUT2D eigenvalue weighted by molar-refractivity contribution is -0.0351. The molecule has 23 heavy (non-hydrogen) atoms. The van der Waals surface area contributed by atoms with Gasteiger partial charge in [-0.2, -0.15) is 0 Å². The summed E-state index contributed by atoms with van der Waals surface area (Å²) in [5.74, 6) is 0. The topological polar surface area (TPSA) is 67.1 Å². The SMILES string of the molecule is CC1(C)C[C@](O)(Cn2cnc(-c3ccccc3)cc2=O)CCN1. The van der Waals surface area contributed by atoms with Crippen molar-refractivity contribution in [2.24, 2.45) is 0 Å². The molecule has 1 aliphatic heterocycles. The van der Waals surface area contributed by atoms with Gasteiger partial charge in [0.2, 0.25) is 0 Å². The van der Waals surface area contributed by atoms with Crippen LogP contribution in [0.2, 0.25) is 0 Å². The van der Waals surface area contributed by atoms with E-state index >= 15 is 0 Å². The van der Waals surface area contributed by atoms with Crippen molar-refractivity contribution in [3.05, 3.63) is 53.1 Å². The van der Waals surface area contributed by atoms with Gasteiger partial charge in [0.1, 0.15) is 0 Å². The molecule has 122 valence electrons. The van der Waals surface area contributed by atoms with E-state index in [-0.39, 0.29) is 17.6 Å². The highest BCUT2D eigenvalue weighted by Crippen LogP contribution is 2.29. The molecule has 0 unspecified atom stereocenters. The molecule has 5 heteroatoms. The first kappa shape index (κ1) is 15.9. The van der Waals surface area contributed by atoms with Gasteiger partial charge >= 0.3 is 0 Å². The average Bonchev–Trinajstić information content (AvgIpc) is 2.49. The summed E-state index contributed by atoms with van der Waals surface area (Å²) in [7, 11) is 0. The average molecular weight is 313 g/mol. The molecule has 1 aromatic heterocycles. The van der Waals surface area contributed by atoms with Crippen molar-refractivity contribution in [3.8, 4) is 11.3 Å². The lowest BCUT2D eigenvalue weighted by Crippen LogP contribution is -2.56. The summed E-state index contributed by atoms with van der Waals surface area (Å²) in [4.78, 5) is 16.8. The molecule has 1 saturated heterocycles. The molecule has 1 fully saturated rings. The van der Waals surface area contributed by atoms with Crippen LogP contribution in [0.5, 0.6) is 0 Å². The van der Waals surface area contributed by atoms with E-state index in [9.17, 15) is 9.90 Å². The van der Waals surface area contributed by atoms with E-state index in [0.717, 1.165) is 12.1 Å². The van der Waals surface area contributed by atoms with Gasteiger partial charge in [-0.15, -0.1) is 0 Å². The Hall–Kier alpha value is -1.98. The molecule has 1 aromatic carbocycles. The summed E-state index contributed by atoms with van der Waals surface area (Å²) >= 11 is 0.